The van der Waals surface area contributed by atoms with Gasteiger partial charge in [0, 0.05) is 43.3 Å². The minimum Gasteiger partial charge on any atom is -0.450 e. The van der Waals surface area contributed by atoms with Crippen LogP contribution in [-0.4, -0.2) is 73.0 Å². The van der Waals surface area contributed by atoms with E-state index >= 15 is 0 Å². The van der Waals surface area contributed by atoms with Gasteiger partial charge in [-0.05, 0) is 45.9 Å². The van der Waals surface area contributed by atoms with Gasteiger partial charge in [-0.25, -0.2) is 9.59 Å². The first kappa shape index (κ1) is 23.8. The van der Waals surface area contributed by atoms with Crippen molar-refractivity contribution in [2.75, 3.05) is 39.3 Å². The van der Waals surface area contributed by atoms with Gasteiger partial charge in [-0.3, -0.25) is 4.90 Å². The number of benzene rings is 1. The molecular weight excluding hydrogens is 406 g/mol. The molecule has 1 aliphatic rings. The molecule has 1 N–H and O–H groups in total. The molecule has 1 atom stereocenters. The zero-order valence-electron chi connectivity index (χ0n) is 18.0. The lowest BCUT2D eigenvalue weighted by atomic mass is 10.1. The molecular formula is C22H30ClN3O4. The lowest BCUT2D eigenvalue weighted by Gasteiger charge is -2.37. The van der Waals surface area contributed by atoms with E-state index in [1.807, 2.05) is 32.9 Å². The summed E-state index contributed by atoms with van der Waals surface area (Å²) in [7, 11) is 0. The Bertz CT molecular complexity index is 790. The Labute approximate surface area is 183 Å². The zero-order chi connectivity index (χ0) is 22.1. The van der Waals surface area contributed by atoms with Gasteiger partial charge in [0.1, 0.15) is 5.60 Å². The Morgan fingerprint density at radius 3 is 2.53 bits per heavy atom. The molecule has 1 aromatic rings. The van der Waals surface area contributed by atoms with Crippen molar-refractivity contribution in [2.24, 2.45) is 0 Å². The highest BCUT2D eigenvalue weighted by Crippen LogP contribution is 2.11. The van der Waals surface area contributed by atoms with E-state index in [4.69, 9.17) is 21.1 Å². The molecule has 0 radical (unpaired) electrons. The van der Waals surface area contributed by atoms with E-state index in [1.54, 1.807) is 24.0 Å². The standard InChI is InChI=1S/C22H30ClN3O4/c1-5-29-21(28)26-13-11-25(12-14-26)19(16-24-20(27)30-22(2,3)4)10-9-17-7-6-8-18(23)15-17/h6-8,15,19H,5,11-14,16H2,1-4H3,(H,24,27). The van der Waals surface area contributed by atoms with Crippen LogP contribution in [-0.2, 0) is 9.47 Å². The summed E-state index contributed by atoms with van der Waals surface area (Å²) in [5.41, 5.74) is 0.229. The van der Waals surface area contributed by atoms with Gasteiger partial charge in [-0.1, -0.05) is 29.5 Å². The maximum atomic E-state index is 12.1. The number of amides is 2. The second-order valence-corrected chi connectivity index (χ2v) is 8.34. The van der Waals surface area contributed by atoms with Gasteiger partial charge in [-0.15, -0.1) is 0 Å². The number of hydrogen-bond acceptors (Lipinski definition) is 5. The van der Waals surface area contributed by atoms with Crippen LogP contribution < -0.4 is 5.32 Å². The molecule has 0 saturated carbocycles. The zero-order valence-corrected chi connectivity index (χ0v) is 18.8. The van der Waals surface area contributed by atoms with E-state index in [-0.39, 0.29) is 12.1 Å². The largest absolute Gasteiger partial charge is 0.450 e. The molecule has 1 aromatic carbocycles. The van der Waals surface area contributed by atoms with Gasteiger partial charge < -0.3 is 19.7 Å². The highest BCUT2D eigenvalue weighted by atomic mass is 35.5. The van der Waals surface area contributed by atoms with Crippen LogP contribution in [0, 0.1) is 11.8 Å². The van der Waals surface area contributed by atoms with Crippen molar-refractivity contribution in [1.82, 2.24) is 15.1 Å². The maximum absolute atomic E-state index is 12.1. The summed E-state index contributed by atoms with van der Waals surface area (Å²) in [6.45, 7) is 10.2. The number of nitrogens with zero attached hydrogens (tertiary/aromatic N) is 2. The van der Waals surface area contributed by atoms with Crippen LogP contribution in [0.1, 0.15) is 33.3 Å². The maximum Gasteiger partial charge on any atom is 0.409 e. The third kappa shape index (κ3) is 8.13. The number of piperazine rings is 1. The molecule has 1 unspecified atom stereocenters. The molecule has 0 spiro atoms. The van der Waals surface area contributed by atoms with E-state index in [2.05, 4.69) is 22.1 Å². The van der Waals surface area contributed by atoms with Crippen molar-refractivity contribution >= 4 is 23.8 Å². The van der Waals surface area contributed by atoms with Crippen molar-refractivity contribution in [3.63, 3.8) is 0 Å². The molecule has 164 valence electrons. The average Bonchev–Trinajstić information content (AvgIpc) is 2.67. The summed E-state index contributed by atoms with van der Waals surface area (Å²) in [5, 5.41) is 3.42. The molecule has 2 amide bonds. The van der Waals surface area contributed by atoms with E-state index in [0.29, 0.717) is 44.4 Å². The Hall–Kier alpha value is -2.43. The molecule has 0 aliphatic carbocycles. The van der Waals surface area contributed by atoms with Gasteiger partial charge in [0.2, 0.25) is 0 Å². The summed E-state index contributed by atoms with van der Waals surface area (Å²) in [5.74, 6) is 6.37. The van der Waals surface area contributed by atoms with Crippen LogP contribution in [0.2, 0.25) is 5.02 Å². The summed E-state index contributed by atoms with van der Waals surface area (Å²) in [6, 6.07) is 7.09. The van der Waals surface area contributed by atoms with Crippen molar-refractivity contribution in [2.45, 2.75) is 39.3 Å². The number of ether oxygens (including phenoxy) is 2. The molecule has 1 heterocycles. The van der Waals surface area contributed by atoms with Gasteiger partial charge in [0.05, 0.1) is 12.6 Å². The Morgan fingerprint density at radius 1 is 1.23 bits per heavy atom. The number of carbonyl (C=O) groups excluding carboxylic acids is 2. The van der Waals surface area contributed by atoms with Crippen molar-refractivity contribution < 1.29 is 19.1 Å². The quantitative estimate of drug-likeness (QED) is 0.734. The summed E-state index contributed by atoms with van der Waals surface area (Å²) >= 11 is 6.04. The van der Waals surface area contributed by atoms with Crippen LogP contribution in [0.15, 0.2) is 24.3 Å². The summed E-state index contributed by atoms with van der Waals surface area (Å²) in [4.78, 5) is 27.9. The predicted octanol–water partition coefficient (Wildman–Crippen LogP) is 3.36. The van der Waals surface area contributed by atoms with Gasteiger partial charge in [0.15, 0.2) is 0 Å². The predicted molar refractivity (Wildman–Crippen MR) is 117 cm³/mol. The van der Waals surface area contributed by atoms with E-state index < -0.39 is 11.7 Å². The number of carbonyl (C=O) groups is 2. The van der Waals surface area contributed by atoms with E-state index in [9.17, 15) is 9.59 Å². The second kappa shape index (κ2) is 11.1. The molecule has 1 saturated heterocycles. The van der Waals surface area contributed by atoms with Crippen LogP contribution in [0.3, 0.4) is 0 Å². The Balaban J connectivity index is 2.06. The van der Waals surface area contributed by atoms with Crippen LogP contribution in [0.5, 0.6) is 0 Å². The highest BCUT2D eigenvalue weighted by molar-refractivity contribution is 6.30. The van der Waals surface area contributed by atoms with Crippen LogP contribution >= 0.6 is 11.6 Å². The lowest BCUT2D eigenvalue weighted by molar-refractivity contribution is 0.0499. The fourth-order valence-electron chi connectivity index (χ4n) is 2.93. The molecule has 1 aliphatic heterocycles. The number of nitrogens with one attached hydrogen (secondary N) is 1. The molecule has 2 rings (SSSR count). The first-order valence-corrected chi connectivity index (χ1v) is 10.5. The van der Waals surface area contributed by atoms with E-state index in [0.717, 1.165) is 5.56 Å². The minimum atomic E-state index is -0.572. The third-order valence-electron chi connectivity index (χ3n) is 4.33. The normalized spacial score (nSPS) is 15.6. The monoisotopic (exact) mass is 435 g/mol. The number of halogens is 1. The Kier molecular flexibility index (Phi) is 8.82. The lowest BCUT2D eigenvalue weighted by Crippen LogP contribution is -2.54. The minimum absolute atomic E-state index is 0.235. The van der Waals surface area contributed by atoms with Crippen LogP contribution in [0.4, 0.5) is 9.59 Å². The Morgan fingerprint density at radius 2 is 1.93 bits per heavy atom. The third-order valence-corrected chi connectivity index (χ3v) is 4.56. The first-order chi connectivity index (χ1) is 14.2. The van der Waals surface area contributed by atoms with Gasteiger partial charge in [-0.2, -0.15) is 0 Å². The highest BCUT2D eigenvalue weighted by Gasteiger charge is 2.26. The first-order valence-electron chi connectivity index (χ1n) is 10.1. The average molecular weight is 436 g/mol. The smallest absolute Gasteiger partial charge is 0.409 e. The number of alkyl carbamates (subject to hydrolysis) is 1. The van der Waals surface area contributed by atoms with Gasteiger partial charge in [0.25, 0.3) is 0 Å². The molecule has 1 fully saturated rings. The SMILES string of the molecule is CCOC(=O)N1CCN(C(C#Cc2cccc(Cl)c2)CNC(=O)OC(C)(C)C)CC1. The van der Waals surface area contributed by atoms with E-state index in [1.165, 1.54) is 0 Å². The summed E-state index contributed by atoms with van der Waals surface area (Å²) in [6.07, 6.45) is -0.784. The fraction of sp³-hybridized carbons (Fsp3) is 0.545. The molecule has 30 heavy (non-hydrogen) atoms. The molecule has 0 bridgehead atoms. The number of hydrogen-bond donors (Lipinski definition) is 1. The molecule has 0 aromatic heterocycles. The van der Waals surface area contributed by atoms with Crippen molar-refractivity contribution in [3.05, 3.63) is 34.9 Å². The topological polar surface area (TPSA) is 71.1 Å². The van der Waals surface area contributed by atoms with Gasteiger partial charge >= 0.3 is 12.2 Å². The van der Waals surface area contributed by atoms with Crippen LogP contribution in [0.25, 0.3) is 0 Å². The second-order valence-electron chi connectivity index (χ2n) is 7.90. The number of rotatable bonds is 4. The molecule has 7 nitrogen and oxygen atoms in total. The fourth-order valence-corrected chi connectivity index (χ4v) is 3.12. The van der Waals surface area contributed by atoms with Crippen molar-refractivity contribution in [1.29, 1.82) is 0 Å². The molecule has 8 heteroatoms. The van der Waals surface area contributed by atoms with Crippen molar-refractivity contribution in [3.8, 4) is 11.8 Å². The summed E-state index contributed by atoms with van der Waals surface area (Å²) < 4.78 is 10.4.